The monoisotopic (exact) mass is 396 g/mol. The van der Waals surface area contributed by atoms with Crippen LogP contribution in [0.15, 0.2) is 28.8 Å². The third-order valence-electron chi connectivity index (χ3n) is 5.38. The maximum atomic E-state index is 14.4. The van der Waals surface area contributed by atoms with Gasteiger partial charge < -0.3 is 20.0 Å². The fourth-order valence-corrected chi connectivity index (χ4v) is 4.02. The lowest BCUT2D eigenvalue weighted by Crippen LogP contribution is -2.43. The zero-order chi connectivity index (χ0) is 20.0. The van der Waals surface area contributed by atoms with E-state index < -0.39 is 11.8 Å². The molecule has 150 valence electrons. The van der Waals surface area contributed by atoms with Gasteiger partial charge in [-0.25, -0.2) is 19.2 Å². The van der Waals surface area contributed by atoms with Gasteiger partial charge in [0.25, 0.3) is 0 Å². The Labute approximate surface area is 166 Å². The van der Waals surface area contributed by atoms with E-state index in [1.807, 2.05) is 6.07 Å². The van der Waals surface area contributed by atoms with Gasteiger partial charge in [0.15, 0.2) is 11.5 Å². The van der Waals surface area contributed by atoms with E-state index in [4.69, 9.17) is 4.42 Å². The molecule has 0 spiro atoms. The molecule has 8 nitrogen and oxygen atoms in total. The number of hydrogen-bond acceptors (Lipinski definition) is 6. The molecule has 29 heavy (non-hydrogen) atoms. The number of pyridine rings is 1. The minimum Gasteiger partial charge on any atom is -0.441 e. The maximum absolute atomic E-state index is 14.4. The molecule has 2 aliphatic rings. The molecule has 2 aromatic heterocycles. The molecule has 1 saturated heterocycles. The molecule has 1 fully saturated rings. The summed E-state index contributed by atoms with van der Waals surface area (Å²) in [5.74, 6) is 0.526. The third kappa shape index (κ3) is 3.17. The number of amides is 2. The number of hydrogen-bond donors (Lipinski definition) is 2. The van der Waals surface area contributed by atoms with Crippen LogP contribution >= 0.6 is 0 Å². The van der Waals surface area contributed by atoms with Gasteiger partial charge in [-0.1, -0.05) is 0 Å². The zero-order valence-corrected chi connectivity index (χ0v) is 16.0. The number of rotatable bonds is 2. The number of piperazine rings is 1. The molecular formula is C20H21FN6O2. The first kappa shape index (κ1) is 17.9. The van der Waals surface area contributed by atoms with Crippen LogP contribution in [0.25, 0.3) is 11.1 Å². The van der Waals surface area contributed by atoms with Crippen molar-refractivity contribution < 1.29 is 13.6 Å². The van der Waals surface area contributed by atoms with Gasteiger partial charge >= 0.3 is 6.03 Å². The maximum Gasteiger partial charge on any atom is 0.327 e. The summed E-state index contributed by atoms with van der Waals surface area (Å²) in [5, 5.41) is 6.00. The number of aromatic nitrogens is 2. The molecule has 0 radical (unpaired) electrons. The standard InChI is InChI=1S/C20H21FN6O2/c1-12-24-16-10-14(21)15(11-18(16)29-12)25-20(28)27-7-3-13-17(2-4-23-19(13)27)26-8-5-22-6-9-26/h2,4,10-11,22H,3,5-9H2,1H3,(H,25,28). The highest BCUT2D eigenvalue weighted by molar-refractivity contribution is 6.03. The van der Waals surface area contributed by atoms with E-state index in [0.717, 1.165) is 43.9 Å². The number of nitrogens with zero attached hydrogens (tertiary/aromatic N) is 4. The van der Waals surface area contributed by atoms with Gasteiger partial charge in [-0.2, -0.15) is 0 Å². The van der Waals surface area contributed by atoms with Crippen LogP contribution in [0, 0.1) is 12.7 Å². The van der Waals surface area contributed by atoms with E-state index in [1.165, 1.54) is 12.1 Å². The Balaban J connectivity index is 1.41. The number of oxazole rings is 1. The number of fused-ring (bicyclic) bond motifs is 2. The van der Waals surface area contributed by atoms with Crippen LogP contribution in [-0.2, 0) is 6.42 Å². The van der Waals surface area contributed by atoms with Crippen LogP contribution in [0.2, 0.25) is 0 Å². The van der Waals surface area contributed by atoms with Crippen LogP contribution in [0.5, 0.6) is 0 Å². The Morgan fingerprint density at radius 2 is 2.10 bits per heavy atom. The van der Waals surface area contributed by atoms with Gasteiger partial charge in [-0.05, 0) is 12.5 Å². The number of urea groups is 1. The predicted molar refractivity (Wildman–Crippen MR) is 108 cm³/mol. The Kier molecular flexibility index (Phi) is 4.31. The first-order valence-electron chi connectivity index (χ1n) is 9.69. The number of benzene rings is 1. The van der Waals surface area contributed by atoms with Crippen molar-refractivity contribution in [2.45, 2.75) is 13.3 Å². The average Bonchev–Trinajstić information content (AvgIpc) is 3.31. The van der Waals surface area contributed by atoms with Crippen molar-refractivity contribution in [1.29, 1.82) is 0 Å². The highest BCUT2D eigenvalue weighted by Crippen LogP contribution is 2.34. The van der Waals surface area contributed by atoms with Crippen molar-refractivity contribution in [2.75, 3.05) is 47.8 Å². The summed E-state index contributed by atoms with van der Waals surface area (Å²) >= 11 is 0. The quantitative estimate of drug-likeness (QED) is 0.693. The van der Waals surface area contributed by atoms with Crippen molar-refractivity contribution in [3.8, 4) is 0 Å². The molecule has 9 heteroatoms. The molecule has 0 aliphatic carbocycles. The largest absolute Gasteiger partial charge is 0.441 e. The Morgan fingerprint density at radius 1 is 1.28 bits per heavy atom. The molecular weight excluding hydrogens is 375 g/mol. The summed E-state index contributed by atoms with van der Waals surface area (Å²) in [6, 6.07) is 4.32. The third-order valence-corrected chi connectivity index (χ3v) is 5.38. The Bertz CT molecular complexity index is 1090. The molecule has 5 rings (SSSR count). The minimum absolute atomic E-state index is 0.0605. The van der Waals surface area contributed by atoms with Crippen molar-refractivity contribution in [1.82, 2.24) is 15.3 Å². The van der Waals surface area contributed by atoms with E-state index in [-0.39, 0.29) is 5.69 Å². The summed E-state index contributed by atoms with van der Waals surface area (Å²) in [4.78, 5) is 25.3. The van der Waals surface area contributed by atoms with Crippen LogP contribution in [0.4, 0.5) is 26.4 Å². The van der Waals surface area contributed by atoms with E-state index in [1.54, 1.807) is 18.0 Å². The van der Waals surface area contributed by atoms with Gasteiger partial charge in [0, 0.05) is 69.2 Å². The second-order valence-corrected chi connectivity index (χ2v) is 7.23. The summed E-state index contributed by atoms with van der Waals surface area (Å²) in [6.45, 7) is 5.91. The van der Waals surface area contributed by atoms with Gasteiger partial charge in [0.05, 0.1) is 5.69 Å². The van der Waals surface area contributed by atoms with Gasteiger partial charge in [0.2, 0.25) is 0 Å². The first-order chi connectivity index (χ1) is 14.1. The lowest BCUT2D eigenvalue weighted by Gasteiger charge is -2.31. The van der Waals surface area contributed by atoms with Crippen LogP contribution in [-0.4, -0.2) is 48.7 Å². The predicted octanol–water partition coefficient (Wildman–Crippen LogP) is 2.67. The van der Waals surface area contributed by atoms with Crippen molar-refractivity contribution >= 4 is 34.3 Å². The number of anilines is 3. The summed E-state index contributed by atoms with van der Waals surface area (Å²) in [5.41, 5.74) is 3.10. The normalized spacial score (nSPS) is 16.3. The SMILES string of the molecule is Cc1nc2cc(F)c(NC(=O)N3CCc4c(N5CCNCC5)ccnc43)cc2o1. The first-order valence-corrected chi connectivity index (χ1v) is 9.69. The number of carbonyl (C=O) groups is 1. The molecule has 2 N–H and O–H groups in total. The minimum atomic E-state index is -0.555. The smallest absolute Gasteiger partial charge is 0.327 e. The highest BCUT2D eigenvalue weighted by Gasteiger charge is 2.30. The molecule has 0 bridgehead atoms. The average molecular weight is 396 g/mol. The molecule has 4 heterocycles. The van der Waals surface area contributed by atoms with Crippen molar-refractivity contribution in [3.63, 3.8) is 0 Å². The van der Waals surface area contributed by atoms with Gasteiger partial charge in [0.1, 0.15) is 17.2 Å². The summed E-state index contributed by atoms with van der Waals surface area (Å²) < 4.78 is 19.9. The number of carbonyl (C=O) groups excluding carboxylic acids is 1. The van der Waals surface area contributed by atoms with Crippen LogP contribution in [0.3, 0.4) is 0 Å². The molecule has 2 aliphatic heterocycles. The van der Waals surface area contributed by atoms with Gasteiger partial charge in [-0.15, -0.1) is 0 Å². The molecule has 0 saturated carbocycles. The fourth-order valence-electron chi connectivity index (χ4n) is 4.02. The molecule has 0 atom stereocenters. The second kappa shape index (κ2) is 7.00. The van der Waals surface area contributed by atoms with E-state index >= 15 is 0 Å². The summed E-state index contributed by atoms with van der Waals surface area (Å²) in [6.07, 6.45) is 2.45. The second-order valence-electron chi connectivity index (χ2n) is 7.23. The lowest BCUT2D eigenvalue weighted by molar-refractivity contribution is 0.257. The molecule has 3 aromatic rings. The van der Waals surface area contributed by atoms with E-state index in [0.29, 0.717) is 29.4 Å². The van der Waals surface area contributed by atoms with Crippen LogP contribution < -0.4 is 20.4 Å². The molecule has 0 unspecified atom stereocenters. The van der Waals surface area contributed by atoms with E-state index in [9.17, 15) is 9.18 Å². The van der Waals surface area contributed by atoms with E-state index in [2.05, 4.69) is 25.5 Å². The molecule has 2 amide bonds. The number of nitrogens with one attached hydrogen (secondary N) is 2. The Hall–Kier alpha value is -3.20. The highest BCUT2D eigenvalue weighted by atomic mass is 19.1. The fraction of sp³-hybridized carbons (Fsp3) is 0.350. The number of aryl methyl sites for hydroxylation is 1. The zero-order valence-electron chi connectivity index (χ0n) is 16.0. The topological polar surface area (TPSA) is 86.5 Å². The lowest BCUT2D eigenvalue weighted by atomic mass is 10.1. The molecule has 1 aromatic carbocycles. The van der Waals surface area contributed by atoms with Crippen molar-refractivity contribution in [2.24, 2.45) is 0 Å². The van der Waals surface area contributed by atoms with Crippen LogP contribution in [0.1, 0.15) is 11.5 Å². The summed E-state index contributed by atoms with van der Waals surface area (Å²) in [7, 11) is 0. The number of halogens is 1. The Morgan fingerprint density at radius 3 is 2.93 bits per heavy atom. The van der Waals surface area contributed by atoms with Gasteiger partial charge in [-0.3, -0.25) is 4.90 Å². The van der Waals surface area contributed by atoms with Crippen molar-refractivity contribution in [3.05, 3.63) is 41.7 Å².